The van der Waals surface area contributed by atoms with E-state index in [1.54, 1.807) is 0 Å². The molecule has 1 aromatic heterocycles. The number of pyridine rings is 1. The summed E-state index contributed by atoms with van der Waals surface area (Å²) in [5.41, 5.74) is 4.40. The van der Waals surface area contributed by atoms with Gasteiger partial charge in [0.25, 0.3) is 0 Å². The highest BCUT2D eigenvalue weighted by molar-refractivity contribution is 6.35. The Balaban J connectivity index is 2.34. The first-order valence-corrected chi connectivity index (χ1v) is 7.41. The van der Waals surface area contributed by atoms with Crippen LogP contribution in [0.1, 0.15) is 11.1 Å². The van der Waals surface area contributed by atoms with Crippen LogP contribution in [0.4, 0.5) is 0 Å². The Bertz CT molecular complexity index is 1020. The molecule has 2 heteroatoms. The average molecular weight is 292 g/mol. The monoisotopic (exact) mass is 291 g/mol. The molecule has 0 saturated carbocycles. The summed E-state index contributed by atoms with van der Waals surface area (Å²) in [6, 6.07) is 16.7. The van der Waals surface area contributed by atoms with Crippen molar-refractivity contribution in [3.63, 3.8) is 0 Å². The highest BCUT2D eigenvalue weighted by Gasteiger charge is 2.12. The molecule has 1 heterocycles. The molecule has 0 radical (unpaired) electrons. The van der Waals surface area contributed by atoms with E-state index in [4.69, 9.17) is 16.6 Å². The van der Waals surface area contributed by atoms with Crippen LogP contribution in [0.3, 0.4) is 0 Å². The van der Waals surface area contributed by atoms with Gasteiger partial charge in [0.05, 0.1) is 16.1 Å². The Hall–Kier alpha value is -2.12. The normalized spacial score (nSPS) is 11.6. The zero-order valence-corrected chi connectivity index (χ0v) is 12.7. The van der Waals surface area contributed by atoms with Gasteiger partial charge in [-0.3, -0.25) is 0 Å². The van der Waals surface area contributed by atoms with Crippen LogP contribution in [-0.2, 0) is 0 Å². The summed E-state index contributed by atoms with van der Waals surface area (Å²) in [4.78, 5) is 4.90. The number of benzene rings is 3. The SMILES string of the molecule is Cc1ccc(Cl)c2nc3c(ccc4ccccc43)c(C)c12. The number of halogens is 1. The third kappa shape index (κ3) is 1.74. The van der Waals surface area contributed by atoms with E-state index in [-0.39, 0.29) is 0 Å². The van der Waals surface area contributed by atoms with Gasteiger partial charge in [-0.1, -0.05) is 54.1 Å². The van der Waals surface area contributed by atoms with Crippen molar-refractivity contribution in [2.45, 2.75) is 13.8 Å². The molecule has 0 spiro atoms. The zero-order valence-electron chi connectivity index (χ0n) is 11.9. The van der Waals surface area contributed by atoms with E-state index in [0.29, 0.717) is 5.02 Å². The quantitative estimate of drug-likeness (QED) is 0.294. The lowest BCUT2D eigenvalue weighted by Gasteiger charge is -2.12. The van der Waals surface area contributed by atoms with Crippen molar-refractivity contribution in [3.05, 3.63) is 64.7 Å². The molecule has 0 aliphatic heterocycles. The summed E-state index contributed by atoms with van der Waals surface area (Å²) in [7, 11) is 0. The number of nitrogens with zero attached hydrogens (tertiary/aromatic N) is 1. The molecule has 0 aliphatic rings. The Kier molecular flexibility index (Phi) is 2.66. The van der Waals surface area contributed by atoms with Crippen LogP contribution in [-0.4, -0.2) is 4.98 Å². The van der Waals surface area contributed by atoms with Crippen molar-refractivity contribution < 1.29 is 0 Å². The van der Waals surface area contributed by atoms with Gasteiger partial charge in [-0.15, -0.1) is 0 Å². The minimum absolute atomic E-state index is 0.716. The number of hydrogen-bond acceptors (Lipinski definition) is 1. The zero-order chi connectivity index (χ0) is 14.6. The number of fused-ring (bicyclic) bond motifs is 4. The van der Waals surface area contributed by atoms with Gasteiger partial charge < -0.3 is 0 Å². The third-order valence-electron chi connectivity index (χ3n) is 4.24. The maximum Gasteiger partial charge on any atom is 0.0901 e. The minimum atomic E-state index is 0.716. The van der Waals surface area contributed by atoms with Crippen molar-refractivity contribution >= 4 is 44.2 Å². The fourth-order valence-corrected chi connectivity index (χ4v) is 3.37. The molecule has 0 atom stereocenters. The summed E-state index contributed by atoms with van der Waals surface area (Å²) in [6.45, 7) is 4.27. The van der Waals surface area contributed by atoms with E-state index >= 15 is 0 Å². The van der Waals surface area contributed by atoms with Crippen LogP contribution < -0.4 is 0 Å². The molecule has 0 N–H and O–H groups in total. The van der Waals surface area contributed by atoms with Crippen LogP contribution in [0.25, 0.3) is 32.6 Å². The van der Waals surface area contributed by atoms with Crippen molar-refractivity contribution in [3.8, 4) is 0 Å². The summed E-state index contributed by atoms with van der Waals surface area (Å²) in [6.07, 6.45) is 0. The summed E-state index contributed by atoms with van der Waals surface area (Å²) >= 11 is 6.39. The smallest absolute Gasteiger partial charge is 0.0901 e. The van der Waals surface area contributed by atoms with Gasteiger partial charge in [0.1, 0.15) is 0 Å². The summed E-state index contributed by atoms with van der Waals surface area (Å²) < 4.78 is 0. The van der Waals surface area contributed by atoms with Crippen molar-refractivity contribution in [2.75, 3.05) is 0 Å². The Labute approximate surface area is 128 Å². The Morgan fingerprint density at radius 1 is 0.810 bits per heavy atom. The van der Waals surface area contributed by atoms with Crippen LogP contribution in [0, 0.1) is 13.8 Å². The maximum atomic E-state index is 6.39. The van der Waals surface area contributed by atoms with Gasteiger partial charge in [0.2, 0.25) is 0 Å². The lowest BCUT2D eigenvalue weighted by Crippen LogP contribution is -1.92. The average Bonchev–Trinajstić information content (AvgIpc) is 2.51. The molecule has 0 saturated heterocycles. The summed E-state index contributed by atoms with van der Waals surface area (Å²) in [5.74, 6) is 0. The van der Waals surface area contributed by atoms with Gasteiger partial charge in [0.15, 0.2) is 0 Å². The fourth-order valence-electron chi connectivity index (χ4n) is 3.17. The Morgan fingerprint density at radius 2 is 1.62 bits per heavy atom. The first-order valence-electron chi connectivity index (χ1n) is 7.03. The van der Waals surface area contributed by atoms with E-state index < -0.39 is 0 Å². The van der Waals surface area contributed by atoms with E-state index in [0.717, 1.165) is 11.0 Å². The first-order chi connectivity index (χ1) is 10.2. The van der Waals surface area contributed by atoms with Crippen LogP contribution in [0.15, 0.2) is 48.5 Å². The Morgan fingerprint density at radius 3 is 2.48 bits per heavy atom. The number of hydrogen-bond donors (Lipinski definition) is 0. The van der Waals surface area contributed by atoms with Gasteiger partial charge >= 0.3 is 0 Å². The second kappa shape index (κ2) is 4.44. The number of aryl methyl sites for hydroxylation is 2. The van der Waals surface area contributed by atoms with E-state index in [1.807, 2.05) is 6.07 Å². The van der Waals surface area contributed by atoms with Crippen molar-refractivity contribution in [1.82, 2.24) is 4.98 Å². The molecular weight excluding hydrogens is 278 g/mol. The molecule has 0 aliphatic carbocycles. The molecule has 0 fully saturated rings. The molecular formula is C19H14ClN. The number of aromatic nitrogens is 1. The number of rotatable bonds is 0. The van der Waals surface area contributed by atoms with Crippen LogP contribution in [0.2, 0.25) is 5.02 Å². The van der Waals surface area contributed by atoms with E-state index in [1.165, 1.54) is 32.7 Å². The molecule has 0 unspecified atom stereocenters. The minimum Gasteiger partial charge on any atom is -0.246 e. The second-order valence-corrected chi connectivity index (χ2v) is 5.91. The maximum absolute atomic E-state index is 6.39. The molecule has 0 bridgehead atoms. The predicted octanol–water partition coefficient (Wildman–Crippen LogP) is 5.81. The van der Waals surface area contributed by atoms with Gasteiger partial charge in [-0.05, 0) is 36.4 Å². The van der Waals surface area contributed by atoms with Crippen LogP contribution in [0.5, 0.6) is 0 Å². The highest BCUT2D eigenvalue weighted by atomic mass is 35.5. The molecule has 0 amide bonds. The second-order valence-electron chi connectivity index (χ2n) is 5.51. The molecule has 1 nitrogen and oxygen atoms in total. The molecule has 102 valence electrons. The van der Waals surface area contributed by atoms with Crippen molar-refractivity contribution in [2.24, 2.45) is 0 Å². The third-order valence-corrected chi connectivity index (χ3v) is 4.55. The van der Waals surface area contributed by atoms with E-state index in [9.17, 15) is 0 Å². The molecule has 4 aromatic rings. The lowest BCUT2D eigenvalue weighted by molar-refractivity contribution is 1.42. The summed E-state index contributed by atoms with van der Waals surface area (Å²) in [5, 5.41) is 5.47. The van der Waals surface area contributed by atoms with E-state index in [2.05, 4.69) is 56.3 Å². The standard InChI is InChI=1S/C19H14ClN/c1-11-7-10-16(20)19-17(11)12(2)14-9-8-13-5-3-4-6-15(13)18(14)21-19/h3-10H,1-2H3. The first kappa shape index (κ1) is 12.6. The fraction of sp³-hybridized carbons (Fsp3) is 0.105. The van der Waals surface area contributed by atoms with Crippen molar-refractivity contribution in [1.29, 1.82) is 0 Å². The molecule has 3 aromatic carbocycles. The largest absolute Gasteiger partial charge is 0.246 e. The van der Waals surface area contributed by atoms with Gasteiger partial charge in [-0.25, -0.2) is 4.98 Å². The molecule has 4 rings (SSSR count). The van der Waals surface area contributed by atoms with Gasteiger partial charge in [0, 0.05) is 16.2 Å². The van der Waals surface area contributed by atoms with Gasteiger partial charge in [-0.2, -0.15) is 0 Å². The molecule has 21 heavy (non-hydrogen) atoms. The van der Waals surface area contributed by atoms with Crippen LogP contribution >= 0.6 is 11.6 Å². The predicted molar refractivity (Wildman–Crippen MR) is 91.2 cm³/mol. The lowest BCUT2D eigenvalue weighted by atomic mass is 9.97. The highest BCUT2D eigenvalue weighted by Crippen LogP contribution is 2.34. The topological polar surface area (TPSA) is 12.9 Å².